The van der Waals surface area contributed by atoms with Crippen molar-refractivity contribution < 1.29 is 14.3 Å². The van der Waals surface area contributed by atoms with Crippen LogP contribution in [0.2, 0.25) is 0 Å². The molecule has 7 nitrogen and oxygen atoms in total. The molecular formula is C18H18N4O3S3. The largest absolute Gasteiger partial charge is 0.456 e. The number of nitrogens with two attached hydrogens (primary N) is 1. The first-order valence-corrected chi connectivity index (χ1v) is 11.5. The summed E-state index contributed by atoms with van der Waals surface area (Å²) in [6.07, 6.45) is 0. The smallest absolute Gasteiger partial charge is 0.355 e. The minimum atomic E-state index is -0.568. The number of aryl methyl sites for hydroxylation is 1. The molecule has 10 heteroatoms. The molecule has 146 valence electrons. The molecule has 1 aromatic carbocycles. The standard InChI is InChI=1S/C18H18N4O3S3/c1-10-20-21-18(28-10)27-9-12-8-26-16-13(19)15(23)22(16)14(12)17(24)25-7-11-5-3-2-4-6-11/h2-6,13,16H,7-9,19H2,1H3/t13?,16-/m1/s1. The van der Waals surface area contributed by atoms with E-state index < -0.39 is 12.0 Å². The number of thioether (sulfide) groups is 2. The van der Waals surface area contributed by atoms with Crippen LogP contribution in [0.1, 0.15) is 10.6 Å². The van der Waals surface area contributed by atoms with E-state index in [4.69, 9.17) is 10.5 Å². The molecule has 2 aliphatic rings. The van der Waals surface area contributed by atoms with Gasteiger partial charge in [0.25, 0.3) is 0 Å². The monoisotopic (exact) mass is 434 g/mol. The van der Waals surface area contributed by atoms with Gasteiger partial charge in [-0.15, -0.1) is 22.0 Å². The number of benzene rings is 1. The normalized spacial score (nSPS) is 21.4. The van der Waals surface area contributed by atoms with E-state index in [0.29, 0.717) is 17.2 Å². The van der Waals surface area contributed by atoms with Crippen LogP contribution in [-0.2, 0) is 20.9 Å². The van der Waals surface area contributed by atoms with Crippen molar-refractivity contribution in [2.24, 2.45) is 5.73 Å². The van der Waals surface area contributed by atoms with Crippen LogP contribution >= 0.6 is 34.9 Å². The Morgan fingerprint density at radius 1 is 1.36 bits per heavy atom. The molecular weight excluding hydrogens is 416 g/mol. The third-order valence-electron chi connectivity index (χ3n) is 4.37. The molecule has 1 fully saturated rings. The first-order valence-electron chi connectivity index (χ1n) is 8.61. The van der Waals surface area contributed by atoms with Gasteiger partial charge in [0.15, 0.2) is 4.34 Å². The van der Waals surface area contributed by atoms with Gasteiger partial charge in [-0.2, -0.15) is 0 Å². The van der Waals surface area contributed by atoms with Crippen LogP contribution in [0.15, 0.2) is 45.9 Å². The van der Waals surface area contributed by atoms with E-state index in [1.165, 1.54) is 28.0 Å². The van der Waals surface area contributed by atoms with Crippen molar-refractivity contribution in [2.45, 2.75) is 29.3 Å². The summed E-state index contributed by atoms with van der Waals surface area (Å²) in [7, 11) is 0. The highest BCUT2D eigenvalue weighted by Gasteiger charge is 2.52. The molecule has 2 aliphatic heterocycles. The Kier molecular flexibility index (Phi) is 5.72. The van der Waals surface area contributed by atoms with Gasteiger partial charge in [0.1, 0.15) is 28.7 Å². The van der Waals surface area contributed by atoms with Crippen molar-refractivity contribution in [1.29, 1.82) is 0 Å². The number of fused-ring (bicyclic) bond motifs is 1. The Morgan fingerprint density at radius 2 is 2.14 bits per heavy atom. The van der Waals surface area contributed by atoms with Gasteiger partial charge in [-0.25, -0.2) is 4.79 Å². The number of β-lactam (4-membered cyclic amide) rings is 1. The lowest BCUT2D eigenvalue weighted by Crippen LogP contribution is -2.68. The Labute approximate surface area is 174 Å². The van der Waals surface area contributed by atoms with Gasteiger partial charge in [-0.1, -0.05) is 53.4 Å². The topological polar surface area (TPSA) is 98.4 Å². The molecule has 0 bridgehead atoms. The molecule has 28 heavy (non-hydrogen) atoms. The zero-order valence-electron chi connectivity index (χ0n) is 15.0. The molecule has 0 spiro atoms. The predicted molar refractivity (Wildman–Crippen MR) is 110 cm³/mol. The lowest BCUT2D eigenvalue weighted by atomic mass is 10.0. The number of esters is 1. The lowest BCUT2D eigenvalue weighted by Gasteiger charge is -2.48. The van der Waals surface area contributed by atoms with E-state index >= 15 is 0 Å². The number of aromatic nitrogens is 2. The highest BCUT2D eigenvalue weighted by Crippen LogP contribution is 2.41. The van der Waals surface area contributed by atoms with E-state index in [2.05, 4.69) is 10.2 Å². The predicted octanol–water partition coefficient (Wildman–Crippen LogP) is 2.18. The fourth-order valence-corrected chi connectivity index (χ4v) is 6.20. The Hall–Kier alpha value is -1.88. The van der Waals surface area contributed by atoms with E-state index in [1.807, 2.05) is 37.3 Å². The zero-order chi connectivity index (χ0) is 19.7. The van der Waals surface area contributed by atoms with Crippen molar-refractivity contribution >= 4 is 46.7 Å². The van der Waals surface area contributed by atoms with Crippen molar-refractivity contribution in [2.75, 3.05) is 11.5 Å². The SMILES string of the molecule is Cc1nnc(SCC2=C(C(=O)OCc3ccccc3)N3C(=O)C(N)[C@H]3SC2)s1. The van der Waals surface area contributed by atoms with E-state index in [1.54, 1.807) is 11.8 Å². The molecule has 4 rings (SSSR count). The molecule has 1 amide bonds. The van der Waals surface area contributed by atoms with Crippen molar-refractivity contribution in [3.63, 3.8) is 0 Å². The fraction of sp³-hybridized carbons (Fsp3) is 0.333. The highest BCUT2D eigenvalue weighted by atomic mass is 32.2. The fourth-order valence-electron chi connectivity index (χ4n) is 2.96. The Morgan fingerprint density at radius 3 is 2.86 bits per heavy atom. The molecule has 0 radical (unpaired) electrons. The second-order valence-corrected chi connectivity index (χ2v) is 9.83. The van der Waals surface area contributed by atoms with Gasteiger partial charge in [-0.3, -0.25) is 9.69 Å². The molecule has 2 aromatic rings. The van der Waals surface area contributed by atoms with Crippen LogP contribution < -0.4 is 5.73 Å². The Bertz CT molecular complexity index is 931. The number of carbonyl (C=O) groups excluding carboxylic acids is 2. The number of rotatable bonds is 6. The van der Waals surface area contributed by atoms with Gasteiger partial charge in [-0.05, 0) is 18.1 Å². The molecule has 3 heterocycles. The molecule has 1 unspecified atom stereocenters. The van der Waals surface area contributed by atoms with Gasteiger partial charge in [0.2, 0.25) is 5.91 Å². The van der Waals surface area contributed by atoms with E-state index in [-0.39, 0.29) is 17.9 Å². The number of hydrogen-bond donors (Lipinski definition) is 1. The summed E-state index contributed by atoms with van der Waals surface area (Å²) >= 11 is 4.59. The summed E-state index contributed by atoms with van der Waals surface area (Å²) in [6.45, 7) is 2.06. The lowest BCUT2D eigenvalue weighted by molar-refractivity contribution is -0.151. The second kappa shape index (κ2) is 8.24. The minimum absolute atomic E-state index is 0.158. The van der Waals surface area contributed by atoms with Crippen LogP contribution in [0.5, 0.6) is 0 Å². The number of carbonyl (C=O) groups is 2. The van der Waals surface area contributed by atoms with Gasteiger partial charge < -0.3 is 10.5 Å². The maximum absolute atomic E-state index is 12.9. The number of hydrogen-bond acceptors (Lipinski definition) is 9. The third-order valence-corrected chi connectivity index (χ3v) is 7.79. The average molecular weight is 435 g/mol. The van der Waals surface area contributed by atoms with E-state index in [0.717, 1.165) is 20.5 Å². The molecule has 1 aromatic heterocycles. The highest BCUT2D eigenvalue weighted by molar-refractivity contribution is 8.01. The molecule has 0 aliphatic carbocycles. The summed E-state index contributed by atoms with van der Waals surface area (Å²) in [5, 5.41) is 8.80. The van der Waals surface area contributed by atoms with Crippen molar-refractivity contribution in [3.05, 3.63) is 52.2 Å². The summed E-state index contributed by atoms with van der Waals surface area (Å²) in [5.74, 6) is 0.447. The molecule has 2 N–H and O–H groups in total. The second-order valence-electron chi connectivity index (χ2n) is 6.33. The van der Waals surface area contributed by atoms with Crippen LogP contribution in [0.3, 0.4) is 0 Å². The summed E-state index contributed by atoms with van der Waals surface area (Å²) in [5.41, 5.74) is 7.99. The van der Waals surface area contributed by atoms with Crippen LogP contribution in [0.25, 0.3) is 0 Å². The Balaban J connectivity index is 1.53. The van der Waals surface area contributed by atoms with Crippen LogP contribution in [0, 0.1) is 6.92 Å². The maximum atomic E-state index is 12.9. The van der Waals surface area contributed by atoms with Gasteiger partial charge >= 0.3 is 5.97 Å². The first-order chi connectivity index (χ1) is 13.5. The van der Waals surface area contributed by atoms with Crippen LogP contribution in [0.4, 0.5) is 0 Å². The van der Waals surface area contributed by atoms with Crippen molar-refractivity contribution in [3.8, 4) is 0 Å². The minimum Gasteiger partial charge on any atom is -0.456 e. The zero-order valence-corrected chi connectivity index (χ0v) is 17.5. The van der Waals surface area contributed by atoms with E-state index in [9.17, 15) is 9.59 Å². The van der Waals surface area contributed by atoms with Gasteiger partial charge in [0, 0.05) is 11.5 Å². The molecule has 1 saturated heterocycles. The summed E-state index contributed by atoms with van der Waals surface area (Å²) < 4.78 is 6.35. The third kappa shape index (κ3) is 3.82. The molecule has 2 atom stereocenters. The number of nitrogens with zero attached hydrogens (tertiary/aromatic N) is 3. The van der Waals surface area contributed by atoms with Gasteiger partial charge in [0.05, 0.1) is 0 Å². The molecule has 0 saturated carbocycles. The average Bonchev–Trinajstić information content (AvgIpc) is 3.15. The number of amides is 1. The van der Waals surface area contributed by atoms with Crippen LogP contribution in [-0.4, -0.2) is 49.9 Å². The maximum Gasteiger partial charge on any atom is 0.355 e. The first kappa shape index (κ1) is 19.4. The summed E-state index contributed by atoms with van der Waals surface area (Å²) in [6, 6.07) is 8.89. The quantitative estimate of drug-likeness (QED) is 0.420. The summed E-state index contributed by atoms with van der Waals surface area (Å²) in [4.78, 5) is 26.7. The van der Waals surface area contributed by atoms with Crippen molar-refractivity contribution in [1.82, 2.24) is 15.1 Å². The number of ether oxygens (including phenoxy) is 1.